The molecule has 0 spiro atoms. The van der Waals surface area contributed by atoms with Gasteiger partial charge in [0.15, 0.2) is 6.73 Å². The van der Waals surface area contributed by atoms with Gasteiger partial charge in [0.1, 0.15) is 12.4 Å². The number of aliphatic carboxylic acids is 1. The average molecular weight is 452 g/mol. The second-order valence-electron chi connectivity index (χ2n) is 7.66. The molecule has 3 aromatic rings. The van der Waals surface area contributed by atoms with Crippen molar-refractivity contribution in [2.45, 2.75) is 26.0 Å². The number of ether oxygens (including phenoxy) is 2. The molecule has 1 atom stereocenters. The van der Waals surface area contributed by atoms with E-state index in [2.05, 4.69) is 0 Å². The number of hydrogen-bond acceptors (Lipinski definition) is 4. The lowest BCUT2D eigenvalue weighted by atomic mass is 9.95. The highest BCUT2D eigenvalue weighted by molar-refractivity contribution is 6.30. The number of halogens is 1. The zero-order chi connectivity index (χ0) is 22.7. The second kappa shape index (κ2) is 9.32. The van der Waals surface area contributed by atoms with Gasteiger partial charge in [0, 0.05) is 10.6 Å². The molecule has 1 aliphatic rings. The largest absolute Gasteiger partial charge is 0.481 e. The predicted molar refractivity (Wildman–Crippen MR) is 121 cm³/mol. The summed E-state index contributed by atoms with van der Waals surface area (Å²) >= 11 is 5.88. The summed E-state index contributed by atoms with van der Waals surface area (Å²) in [4.78, 5) is 25.3. The van der Waals surface area contributed by atoms with Crippen LogP contribution in [0.2, 0.25) is 5.02 Å². The topological polar surface area (TPSA) is 76.1 Å². The summed E-state index contributed by atoms with van der Waals surface area (Å²) in [5.41, 5.74) is 4.26. The van der Waals surface area contributed by atoms with Crippen molar-refractivity contribution in [3.8, 4) is 16.9 Å². The normalized spacial score (nSPS) is 13.6. The van der Waals surface area contributed by atoms with Crippen LogP contribution in [0, 0.1) is 0 Å². The number of amides is 1. The van der Waals surface area contributed by atoms with Crippen LogP contribution < -0.4 is 4.74 Å². The summed E-state index contributed by atoms with van der Waals surface area (Å²) in [5.74, 6) is -0.749. The highest BCUT2D eigenvalue weighted by atomic mass is 35.5. The fourth-order valence-electron chi connectivity index (χ4n) is 3.49. The Hall–Kier alpha value is -3.51. The molecule has 4 rings (SSSR count). The van der Waals surface area contributed by atoms with Crippen LogP contribution >= 0.6 is 11.6 Å². The van der Waals surface area contributed by atoms with Crippen LogP contribution in [0.5, 0.6) is 5.75 Å². The van der Waals surface area contributed by atoms with Crippen molar-refractivity contribution >= 4 is 23.7 Å². The molecule has 0 bridgehead atoms. The van der Waals surface area contributed by atoms with Crippen LogP contribution in [0.3, 0.4) is 0 Å². The van der Waals surface area contributed by atoms with E-state index in [4.69, 9.17) is 21.1 Å². The van der Waals surface area contributed by atoms with E-state index in [-0.39, 0.29) is 13.3 Å². The van der Waals surface area contributed by atoms with Gasteiger partial charge in [0.25, 0.3) is 0 Å². The lowest BCUT2D eigenvalue weighted by Gasteiger charge is -2.28. The predicted octanol–water partition coefficient (Wildman–Crippen LogP) is 5.68. The van der Waals surface area contributed by atoms with Crippen LogP contribution in [0.4, 0.5) is 4.79 Å². The zero-order valence-corrected chi connectivity index (χ0v) is 18.2. The second-order valence-corrected chi connectivity index (χ2v) is 8.10. The van der Waals surface area contributed by atoms with Crippen molar-refractivity contribution in [1.29, 1.82) is 0 Å². The first-order chi connectivity index (χ1) is 15.4. The highest BCUT2D eigenvalue weighted by Gasteiger charge is 2.23. The molecule has 0 saturated carbocycles. The van der Waals surface area contributed by atoms with Gasteiger partial charge in [-0.05, 0) is 53.4 Å². The molecule has 3 aromatic carbocycles. The smallest absolute Gasteiger partial charge is 0.413 e. The van der Waals surface area contributed by atoms with Crippen molar-refractivity contribution in [2.75, 3.05) is 6.73 Å². The summed E-state index contributed by atoms with van der Waals surface area (Å²) in [6.45, 7) is 2.27. The number of carbonyl (C=O) groups is 2. The fraction of sp³-hybridized carbons (Fsp3) is 0.200. The molecule has 1 aliphatic heterocycles. The van der Waals surface area contributed by atoms with Gasteiger partial charge in [-0.25, -0.2) is 4.79 Å². The van der Waals surface area contributed by atoms with Gasteiger partial charge in [-0.2, -0.15) is 0 Å². The van der Waals surface area contributed by atoms with E-state index < -0.39 is 18.0 Å². The number of carbonyl (C=O) groups excluding carboxylic acids is 1. The minimum Gasteiger partial charge on any atom is -0.481 e. The molecule has 164 valence electrons. The van der Waals surface area contributed by atoms with Gasteiger partial charge in [0.2, 0.25) is 0 Å². The first-order valence-corrected chi connectivity index (χ1v) is 10.5. The molecule has 0 saturated heterocycles. The van der Waals surface area contributed by atoms with Crippen molar-refractivity contribution in [2.24, 2.45) is 0 Å². The summed E-state index contributed by atoms with van der Waals surface area (Å²) in [6.07, 6.45) is -0.465. The summed E-state index contributed by atoms with van der Waals surface area (Å²) in [5, 5.41) is 9.92. The molecule has 0 fully saturated rings. The van der Waals surface area contributed by atoms with Crippen molar-refractivity contribution < 1.29 is 24.2 Å². The van der Waals surface area contributed by atoms with E-state index in [0.717, 1.165) is 27.8 Å². The molecule has 0 aromatic heterocycles. The summed E-state index contributed by atoms with van der Waals surface area (Å²) in [7, 11) is 0. The Balaban J connectivity index is 1.47. The van der Waals surface area contributed by atoms with Gasteiger partial charge in [-0.15, -0.1) is 0 Å². The third-order valence-corrected chi connectivity index (χ3v) is 5.67. The van der Waals surface area contributed by atoms with E-state index >= 15 is 0 Å². The fourth-order valence-corrected chi connectivity index (χ4v) is 3.61. The minimum absolute atomic E-state index is 0.109. The summed E-state index contributed by atoms with van der Waals surface area (Å²) < 4.78 is 11.1. The van der Waals surface area contributed by atoms with Crippen LogP contribution in [0.15, 0.2) is 66.7 Å². The Morgan fingerprint density at radius 3 is 2.59 bits per heavy atom. The van der Waals surface area contributed by atoms with Gasteiger partial charge >= 0.3 is 12.1 Å². The SMILES string of the molecule is CC(C(=O)O)c1cccc(-c2ccc3c(c2)CN(C(=O)OCc2ccc(Cl)cc2)CO3)c1. The Bertz CT molecular complexity index is 1150. The maximum absolute atomic E-state index is 12.5. The Kier molecular flexibility index (Phi) is 6.32. The Morgan fingerprint density at radius 1 is 1.09 bits per heavy atom. The number of hydrogen-bond donors (Lipinski definition) is 1. The molecule has 6 nitrogen and oxygen atoms in total. The maximum atomic E-state index is 12.5. The lowest BCUT2D eigenvalue weighted by molar-refractivity contribution is -0.138. The molecular weight excluding hydrogens is 430 g/mol. The third-order valence-electron chi connectivity index (χ3n) is 5.42. The monoisotopic (exact) mass is 451 g/mol. The highest BCUT2D eigenvalue weighted by Crippen LogP contribution is 2.32. The Morgan fingerprint density at radius 2 is 1.84 bits per heavy atom. The van der Waals surface area contributed by atoms with E-state index in [0.29, 0.717) is 17.3 Å². The van der Waals surface area contributed by atoms with E-state index in [1.54, 1.807) is 19.1 Å². The number of fused-ring (bicyclic) bond motifs is 1. The molecule has 1 amide bonds. The quantitative estimate of drug-likeness (QED) is 0.539. The average Bonchev–Trinajstić information content (AvgIpc) is 2.82. The first kappa shape index (κ1) is 21.7. The standard InChI is InChI=1S/C25H22ClNO5/c1-16(24(28)29)18-3-2-4-19(11-18)20-7-10-23-21(12-20)13-27(15-32-23)25(30)31-14-17-5-8-22(26)9-6-17/h2-12,16H,13-15H2,1H3,(H,28,29). The third kappa shape index (κ3) is 4.86. The van der Waals surface area contributed by atoms with Gasteiger partial charge in [-0.1, -0.05) is 54.1 Å². The molecule has 1 unspecified atom stereocenters. The molecular formula is C25H22ClNO5. The van der Waals surface area contributed by atoms with Gasteiger partial charge < -0.3 is 14.6 Å². The maximum Gasteiger partial charge on any atom is 0.413 e. The molecule has 0 aliphatic carbocycles. The number of rotatable bonds is 5. The lowest BCUT2D eigenvalue weighted by Crippen LogP contribution is -2.37. The van der Waals surface area contributed by atoms with Crippen LogP contribution in [0.1, 0.15) is 29.5 Å². The molecule has 7 heteroatoms. The molecule has 0 radical (unpaired) electrons. The van der Waals surface area contributed by atoms with Gasteiger partial charge in [0.05, 0.1) is 12.5 Å². The number of benzene rings is 3. The number of carboxylic acid groups (broad SMARTS) is 1. The van der Waals surface area contributed by atoms with E-state index in [1.165, 1.54) is 4.90 Å². The van der Waals surface area contributed by atoms with Crippen molar-refractivity contribution in [3.05, 3.63) is 88.4 Å². The zero-order valence-electron chi connectivity index (χ0n) is 17.5. The Labute approximate surface area is 191 Å². The van der Waals surface area contributed by atoms with E-state index in [9.17, 15) is 14.7 Å². The summed E-state index contributed by atoms with van der Waals surface area (Å²) in [6, 6.07) is 20.3. The van der Waals surface area contributed by atoms with E-state index in [1.807, 2.05) is 54.6 Å². The van der Waals surface area contributed by atoms with Crippen LogP contribution in [-0.4, -0.2) is 28.8 Å². The van der Waals surface area contributed by atoms with Crippen molar-refractivity contribution in [3.63, 3.8) is 0 Å². The molecule has 1 heterocycles. The first-order valence-electron chi connectivity index (χ1n) is 10.2. The van der Waals surface area contributed by atoms with Gasteiger partial charge in [-0.3, -0.25) is 9.69 Å². The van der Waals surface area contributed by atoms with Crippen LogP contribution in [0.25, 0.3) is 11.1 Å². The van der Waals surface area contributed by atoms with Crippen LogP contribution in [-0.2, 0) is 22.7 Å². The molecule has 1 N–H and O–H groups in total. The molecule has 32 heavy (non-hydrogen) atoms. The minimum atomic E-state index is -0.867. The number of carboxylic acids is 1. The number of nitrogens with zero attached hydrogens (tertiary/aromatic N) is 1. The van der Waals surface area contributed by atoms with Crippen molar-refractivity contribution in [1.82, 2.24) is 4.90 Å².